The van der Waals surface area contributed by atoms with Crippen LogP contribution in [0.2, 0.25) is 0 Å². The second kappa shape index (κ2) is 10.7. The topological polar surface area (TPSA) is 66.0 Å². The number of rotatable bonds is 7. The van der Waals surface area contributed by atoms with Crippen LogP contribution in [0.4, 0.5) is 0 Å². The van der Waals surface area contributed by atoms with Crippen LogP contribution < -0.4 is 15.4 Å². The maximum absolute atomic E-state index is 11.9. The van der Waals surface area contributed by atoms with Crippen molar-refractivity contribution in [3.63, 3.8) is 0 Å². The van der Waals surface area contributed by atoms with Gasteiger partial charge < -0.3 is 20.3 Å². The fraction of sp³-hybridized carbons (Fsp3) is 0.600. The minimum Gasteiger partial charge on any atom is -0.488 e. The highest BCUT2D eigenvalue weighted by atomic mass is 127. The molecule has 2 aliphatic rings. The molecule has 2 unspecified atom stereocenters. The molecule has 1 fully saturated rings. The number of hydrogen-bond donors (Lipinski definition) is 2. The smallest absolute Gasteiger partial charge is 0.222 e. The molecule has 27 heavy (non-hydrogen) atoms. The molecule has 0 spiro atoms. The molecule has 6 nitrogen and oxygen atoms in total. The highest BCUT2D eigenvalue weighted by Crippen LogP contribution is 2.27. The van der Waals surface area contributed by atoms with Crippen molar-refractivity contribution in [2.75, 3.05) is 26.7 Å². The van der Waals surface area contributed by atoms with Crippen LogP contribution in [0.1, 0.15) is 38.2 Å². The summed E-state index contributed by atoms with van der Waals surface area (Å²) < 4.78 is 5.95. The maximum Gasteiger partial charge on any atom is 0.222 e. The fourth-order valence-electron chi connectivity index (χ4n) is 3.79. The Morgan fingerprint density at radius 1 is 1.37 bits per heavy atom. The van der Waals surface area contributed by atoms with Gasteiger partial charge in [0.05, 0.1) is 6.54 Å². The zero-order chi connectivity index (χ0) is 18.4. The molecule has 1 aromatic rings. The maximum atomic E-state index is 11.9. The SMILES string of the molecule is CCC(CCNC(=NC)NCC1Cc2ccccc2O1)N1CCCC1=O.I. The van der Waals surface area contributed by atoms with Gasteiger partial charge in [-0.1, -0.05) is 25.1 Å². The first-order valence-corrected chi connectivity index (χ1v) is 9.69. The molecule has 0 aliphatic carbocycles. The molecule has 7 heteroatoms. The second-order valence-electron chi connectivity index (χ2n) is 6.97. The molecule has 1 aromatic carbocycles. The largest absolute Gasteiger partial charge is 0.488 e. The van der Waals surface area contributed by atoms with Gasteiger partial charge in [-0.3, -0.25) is 9.79 Å². The van der Waals surface area contributed by atoms with Crippen LogP contribution in [0.15, 0.2) is 29.3 Å². The molecule has 1 amide bonds. The van der Waals surface area contributed by atoms with Gasteiger partial charge in [0.2, 0.25) is 5.91 Å². The number of nitrogens with zero attached hydrogens (tertiary/aromatic N) is 2. The van der Waals surface area contributed by atoms with E-state index < -0.39 is 0 Å². The molecule has 3 rings (SSSR count). The van der Waals surface area contributed by atoms with Gasteiger partial charge in [0, 0.05) is 39.0 Å². The van der Waals surface area contributed by atoms with Crippen molar-refractivity contribution in [2.24, 2.45) is 4.99 Å². The van der Waals surface area contributed by atoms with E-state index in [4.69, 9.17) is 4.74 Å². The van der Waals surface area contributed by atoms with Gasteiger partial charge in [0.15, 0.2) is 5.96 Å². The Labute approximate surface area is 179 Å². The summed E-state index contributed by atoms with van der Waals surface area (Å²) >= 11 is 0. The first-order chi connectivity index (χ1) is 12.7. The number of hydrogen-bond acceptors (Lipinski definition) is 3. The van der Waals surface area contributed by atoms with Gasteiger partial charge in [-0.15, -0.1) is 24.0 Å². The molecule has 2 atom stereocenters. The highest BCUT2D eigenvalue weighted by molar-refractivity contribution is 14.0. The number of ether oxygens (including phenoxy) is 1. The summed E-state index contributed by atoms with van der Waals surface area (Å²) in [6.07, 6.45) is 4.70. The summed E-state index contributed by atoms with van der Waals surface area (Å²) in [6, 6.07) is 8.51. The predicted molar refractivity (Wildman–Crippen MR) is 119 cm³/mol. The van der Waals surface area contributed by atoms with Gasteiger partial charge in [-0.05, 0) is 30.9 Å². The molecule has 0 saturated carbocycles. The molecule has 150 valence electrons. The number of halogens is 1. The first-order valence-electron chi connectivity index (χ1n) is 9.69. The van der Waals surface area contributed by atoms with E-state index in [9.17, 15) is 4.79 Å². The predicted octanol–water partition coefficient (Wildman–Crippen LogP) is 2.56. The lowest BCUT2D eigenvalue weighted by Crippen LogP contribution is -2.44. The number of nitrogens with one attached hydrogen (secondary N) is 2. The van der Waals surface area contributed by atoms with Crippen molar-refractivity contribution in [3.05, 3.63) is 29.8 Å². The third-order valence-corrected chi connectivity index (χ3v) is 5.23. The minimum atomic E-state index is 0. The average Bonchev–Trinajstić information content (AvgIpc) is 3.27. The lowest BCUT2D eigenvalue weighted by atomic mass is 10.1. The molecular weight excluding hydrogens is 455 g/mol. The van der Waals surface area contributed by atoms with Crippen LogP contribution in [-0.2, 0) is 11.2 Å². The molecular formula is C20H31IN4O2. The molecule has 2 aliphatic heterocycles. The standard InChI is InChI=1S/C20H30N4O2.HI/c1-3-16(24-12-6-9-19(24)25)10-11-22-20(21-2)23-14-17-13-15-7-4-5-8-18(15)26-17;/h4-5,7-8,16-17H,3,6,9-14H2,1-2H3,(H2,21,22,23);1H. The van der Waals surface area contributed by atoms with E-state index in [1.165, 1.54) is 5.56 Å². The summed E-state index contributed by atoms with van der Waals surface area (Å²) in [4.78, 5) is 18.3. The number of carbonyl (C=O) groups is 1. The summed E-state index contributed by atoms with van der Waals surface area (Å²) in [5, 5.41) is 6.71. The Morgan fingerprint density at radius 3 is 2.85 bits per heavy atom. The van der Waals surface area contributed by atoms with Crippen molar-refractivity contribution in [2.45, 2.75) is 51.2 Å². The normalized spacial score (nSPS) is 19.9. The quantitative estimate of drug-likeness (QED) is 0.353. The number of amides is 1. The van der Waals surface area contributed by atoms with Gasteiger partial charge in [0.25, 0.3) is 0 Å². The van der Waals surface area contributed by atoms with Crippen LogP contribution in [0.25, 0.3) is 0 Å². The number of para-hydroxylation sites is 1. The summed E-state index contributed by atoms with van der Waals surface area (Å²) in [5.41, 5.74) is 1.27. The zero-order valence-corrected chi connectivity index (χ0v) is 18.6. The number of likely N-dealkylation sites (tertiary alicyclic amines) is 1. The lowest BCUT2D eigenvalue weighted by molar-refractivity contribution is -0.129. The summed E-state index contributed by atoms with van der Waals surface area (Å²) in [5.74, 6) is 2.08. The van der Waals surface area contributed by atoms with E-state index >= 15 is 0 Å². The van der Waals surface area contributed by atoms with Crippen molar-refractivity contribution in [1.82, 2.24) is 15.5 Å². The Kier molecular flexibility index (Phi) is 8.66. The molecule has 0 radical (unpaired) electrons. The number of fused-ring (bicyclic) bond motifs is 1. The van der Waals surface area contributed by atoms with Crippen LogP contribution in [0, 0.1) is 0 Å². The van der Waals surface area contributed by atoms with E-state index in [0.717, 1.165) is 57.0 Å². The van der Waals surface area contributed by atoms with E-state index in [1.54, 1.807) is 7.05 Å². The Bertz CT molecular complexity index is 628. The third kappa shape index (κ3) is 5.73. The van der Waals surface area contributed by atoms with Crippen LogP contribution >= 0.6 is 24.0 Å². The van der Waals surface area contributed by atoms with Gasteiger partial charge >= 0.3 is 0 Å². The Hall–Kier alpha value is -1.51. The van der Waals surface area contributed by atoms with Crippen LogP contribution in [0.3, 0.4) is 0 Å². The van der Waals surface area contributed by atoms with Gasteiger partial charge in [0.1, 0.15) is 11.9 Å². The molecule has 0 aromatic heterocycles. The molecule has 0 bridgehead atoms. The fourth-order valence-corrected chi connectivity index (χ4v) is 3.79. The van der Waals surface area contributed by atoms with Crippen LogP contribution in [-0.4, -0.2) is 55.6 Å². The van der Waals surface area contributed by atoms with E-state index in [1.807, 2.05) is 23.1 Å². The monoisotopic (exact) mass is 486 g/mol. The van der Waals surface area contributed by atoms with Crippen molar-refractivity contribution in [3.8, 4) is 5.75 Å². The van der Waals surface area contributed by atoms with Crippen molar-refractivity contribution in [1.29, 1.82) is 0 Å². The average molecular weight is 486 g/mol. The minimum absolute atomic E-state index is 0. The van der Waals surface area contributed by atoms with E-state index in [-0.39, 0.29) is 30.1 Å². The number of benzene rings is 1. The Morgan fingerprint density at radius 2 is 2.19 bits per heavy atom. The van der Waals surface area contributed by atoms with Crippen LogP contribution in [0.5, 0.6) is 5.75 Å². The first kappa shape index (κ1) is 21.8. The molecule has 2 N–H and O–H groups in total. The van der Waals surface area contributed by atoms with Gasteiger partial charge in [-0.2, -0.15) is 0 Å². The molecule has 1 saturated heterocycles. The summed E-state index contributed by atoms with van der Waals surface area (Å²) in [6.45, 7) is 4.58. The number of guanidine groups is 1. The van der Waals surface area contributed by atoms with Gasteiger partial charge in [-0.25, -0.2) is 0 Å². The third-order valence-electron chi connectivity index (χ3n) is 5.23. The number of carbonyl (C=O) groups excluding carboxylic acids is 1. The van der Waals surface area contributed by atoms with E-state index in [0.29, 0.717) is 18.4 Å². The zero-order valence-electron chi connectivity index (χ0n) is 16.2. The highest BCUT2D eigenvalue weighted by Gasteiger charge is 2.26. The molecule has 2 heterocycles. The van der Waals surface area contributed by atoms with E-state index in [2.05, 4.69) is 28.6 Å². The van der Waals surface area contributed by atoms with Crippen molar-refractivity contribution >= 4 is 35.8 Å². The van der Waals surface area contributed by atoms with Crippen molar-refractivity contribution < 1.29 is 9.53 Å². The second-order valence-corrected chi connectivity index (χ2v) is 6.97. The Balaban J connectivity index is 0.00000261. The summed E-state index contributed by atoms with van der Waals surface area (Å²) in [7, 11) is 1.78. The number of aliphatic imine (C=N–C) groups is 1. The lowest BCUT2D eigenvalue weighted by Gasteiger charge is -2.27.